The highest BCUT2D eigenvalue weighted by Crippen LogP contribution is 2.11. The second-order valence-electron chi connectivity index (χ2n) is 5.26. The Labute approximate surface area is 137 Å². The van der Waals surface area contributed by atoms with E-state index in [0.717, 1.165) is 6.08 Å². The van der Waals surface area contributed by atoms with Gasteiger partial charge in [-0.25, -0.2) is 4.39 Å². The third-order valence-corrected chi connectivity index (χ3v) is 3.68. The van der Waals surface area contributed by atoms with Crippen LogP contribution in [0.4, 0.5) is 4.39 Å². The molecule has 0 saturated heterocycles. The molecule has 0 saturated carbocycles. The number of hydrogen-bond donors (Lipinski definition) is 0. The molecule has 0 aliphatic heterocycles. The van der Waals surface area contributed by atoms with Crippen LogP contribution in [0.3, 0.4) is 0 Å². The number of halogens is 1. The fourth-order valence-electron chi connectivity index (χ4n) is 2.49. The van der Waals surface area contributed by atoms with E-state index >= 15 is 0 Å². The summed E-state index contributed by atoms with van der Waals surface area (Å²) in [6.07, 6.45) is 2.55. The van der Waals surface area contributed by atoms with Crippen LogP contribution in [-0.2, 0) is 0 Å². The molecule has 0 amide bonds. The molecule has 6 heteroatoms. The van der Waals surface area contributed by atoms with Crippen molar-refractivity contribution < 1.29 is 18.6 Å². The minimum absolute atomic E-state index is 0.0117. The Bertz CT molecular complexity index is 983. The van der Waals surface area contributed by atoms with Crippen LogP contribution in [0, 0.1) is 23.2 Å². The molecular formula is C18H13FN2O3. The van der Waals surface area contributed by atoms with Gasteiger partial charge < -0.3 is 10.4 Å². The number of nitrogens with zero attached hydrogens (tertiary/aromatic N) is 2. The standard InChI is InChI=1S/C18H13FN2O3/c1-12-18(17(22)10-9-13-5-4-6-14(19)11-13)21(24)16-8-3-2-7-15(16)20(12)23/h2-11H,1H3. The topological polar surface area (TPSA) is 71.0 Å². The molecule has 120 valence electrons. The zero-order valence-electron chi connectivity index (χ0n) is 12.8. The number of rotatable bonds is 3. The maximum Gasteiger partial charge on any atom is 0.333 e. The predicted octanol–water partition coefficient (Wildman–Crippen LogP) is 2.45. The molecule has 0 fully saturated rings. The van der Waals surface area contributed by atoms with Crippen LogP contribution in [-0.4, -0.2) is 5.78 Å². The lowest BCUT2D eigenvalue weighted by Gasteiger charge is -2.09. The zero-order valence-corrected chi connectivity index (χ0v) is 12.8. The van der Waals surface area contributed by atoms with Gasteiger partial charge in [0.25, 0.3) is 22.5 Å². The minimum Gasteiger partial charge on any atom is -0.618 e. The lowest BCUT2D eigenvalue weighted by molar-refractivity contribution is -0.635. The summed E-state index contributed by atoms with van der Waals surface area (Å²) in [6, 6.07) is 11.9. The highest BCUT2D eigenvalue weighted by atomic mass is 19.1. The van der Waals surface area contributed by atoms with Gasteiger partial charge in [0, 0.05) is 19.1 Å². The van der Waals surface area contributed by atoms with E-state index in [4.69, 9.17) is 0 Å². The number of carbonyl (C=O) groups is 1. The lowest BCUT2D eigenvalue weighted by atomic mass is 10.1. The number of ketones is 1. The number of aromatic nitrogens is 2. The van der Waals surface area contributed by atoms with Crippen LogP contribution in [0.1, 0.15) is 21.7 Å². The van der Waals surface area contributed by atoms with E-state index in [0.29, 0.717) is 15.0 Å². The molecule has 0 spiro atoms. The minimum atomic E-state index is -0.623. The Morgan fingerprint density at radius 2 is 1.71 bits per heavy atom. The van der Waals surface area contributed by atoms with Crippen LogP contribution in [0.5, 0.6) is 0 Å². The van der Waals surface area contributed by atoms with E-state index in [1.165, 1.54) is 43.3 Å². The fourth-order valence-corrected chi connectivity index (χ4v) is 2.49. The second-order valence-corrected chi connectivity index (χ2v) is 5.26. The van der Waals surface area contributed by atoms with Crippen molar-refractivity contribution in [3.05, 3.63) is 87.8 Å². The largest absolute Gasteiger partial charge is 0.618 e. The van der Waals surface area contributed by atoms with Crippen molar-refractivity contribution in [2.24, 2.45) is 0 Å². The maximum atomic E-state index is 13.2. The number of allylic oxidation sites excluding steroid dienone is 1. The van der Waals surface area contributed by atoms with Crippen molar-refractivity contribution in [1.29, 1.82) is 0 Å². The first-order valence-corrected chi connectivity index (χ1v) is 7.21. The van der Waals surface area contributed by atoms with Crippen molar-refractivity contribution in [2.75, 3.05) is 0 Å². The Balaban J connectivity index is 2.07. The summed E-state index contributed by atoms with van der Waals surface area (Å²) < 4.78 is 14.2. The number of fused-ring (bicyclic) bond motifs is 1. The summed E-state index contributed by atoms with van der Waals surface area (Å²) in [4.78, 5) is 12.4. The van der Waals surface area contributed by atoms with Gasteiger partial charge in [-0.3, -0.25) is 4.79 Å². The van der Waals surface area contributed by atoms with Gasteiger partial charge >= 0.3 is 5.69 Å². The number of para-hydroxylation sites is 2. The van der Waals surface area contributed by atoms with E-state index in [9.17, 15) is 19.6 Å². The highest BCUT2D eigenvalue weighted by molar-refractivity contribution is 6.05. The van der Waals surface area contributed by atoms with Gasteiger partial charge in [0.2, 0.25) is 0 Å². The Morgan fingerprint density at radius 1 is 1.04 bits per heavy atom. The quantitative estimate of drug-likeness (QED) is 0.321. The highest BCUT2D eigenvalue weighted by Gasteiger charge is 2.28. The van der Waals surface area contributed by atoms with Crippen LogP contribution in [0.2, 0.25) is 0 Å². The molecule has 3 rings (SSSR count). The lowest BCUT2D eigenvalue weighted by Crippen LogP contribution is -2.46. The van der Waals surface area contributed by atoms with Gasteiger partial charge in [-0.1, -0.05) is 30.3 Å². The maximum absolute atomic E-state index is 13.2. The first-order chi connectivity index (χ1) is 11.5. The molecule has 1 aromatic heterocycles. The average molecular weight is 324 g/mol. The van der Waals surface area contributed by atoms with Gasteiger partial charge in [0.05, 0.1) is 0 Å². The molecule has 5 nitrogen and oxygen atoms in total. The van der Waals surface area contributed by atoms with Crippen LogP contribution in [0.25, 0.3) is 17.1 Å². The van der Waals surface area contributed by atoms with Crippen molar-refractivity contribution in [3.63, 3.8) is 0 Å². The fraction of sp³-hybridized carbons (Fsp3) is 0.0556. The second kappa shape index (κ2) is 6.08. The smallest absolute Gasteiger partial charge is 0.333 e. The van der Waals surface area contributed by atoms with Crippen LogP contribution in [0.15, 0.2) is 54.6 Å². The molecule has 0 radical (unpaired) electrons. The molecule has 0 unspecified atom stereocenters. The van der Waals surface area contributed by atoms with E-state index in [-0.39, 0.29) is 22.4 Å². The van der Waals surface area contributed by atoms with Crippen molar-refractivity contribution in [1.82, 2.24) is 0 Å². The van der Waals surface area contributed by atoms with Crippen molar-refractivity contribution >= 4 is 22.9 Å². The molecule has 0 atom stereocenters. The monoisotopic (exact) mass is 324 g/mol. The summed E-state index contributed by atoms with van der Waals surface area (Å²) >= 11 is 0. The first-order valence-electron chi connectivity index (χ1n) is 7.21. The number of carbonyl (C=O) groups excluding carboxylic acids is 1. The molecule has 1 heterocycles. The van der Waals surface area contributed by atoms with Gasteiger partial charge in [-0.05, 0) is 23.8 Å². The molecule has 0 aliphatic carbocycles. The first kappa shape index (κ1) is 15.6. The summed E-state index contributed by atoms with van der Waals surface area (Å²) in [6.45, 7) is 1.41. The number of benzene rings is 2. The third-order valence-electron chi connectivity index (χ3n) is 3.68. The van der Waals surface area contributed by atoms with Gasteiger partial charge in [-0.15, -0.1) is 0 Å². The molecule has 24 heavy (non-hydrogen) atoms. The van der Waals surface area contributed by atoms with Crippen molar-refractivity contribution in [2.45, 2.75) is 6.92 Å². The van der Waals surface area contributed by atoms with E-state index in [2.05, 4.69) is 0 Å². The summed E-state index contributed by atoms with van der Waals surface area (Å²) in [5.74, 6) is -1.05. The molecular weight excluding hydrogens is 311 g/mol. The van der Waals surface area contributed by atoms with E-state index < -0.39 is 11.6 Å². The summed E-state index contributed by atoms with van der Waals surface area (Å²) in [5, 5.41) is 24.7. The predicted molar refractivity (Wildman–Crippen MR) is 86.4 cm³/mol. The SMILES string of the molecule is Cc1c(C(=O)C=Cc2cccc(F)c2)[n+]([O-])c2ccccc2[n+]1[O-]. The number of hydrogen-bond acceptors (Lipinski definition) is 3. The van der Waals surface area contributed by atoms with Crippen LogP contribution >= 0.6 is 0 Å². The van der Waals surface area contributed by atoms with Gasteiger partial charge in [0.15, 0.2) is 0 Å². The average Bonchev–Trinajstić information content (AvgIpc) is 2.58. The zero-order chi connectivity index (χ0) is 17.3. The molecule has 3 aromatic rings. The summed E-state index contributed by atoms with van der Waals surface area (Å²) in [7, 11) is 0. The third kappa shape index (κ3) is 2.69. The Kier molecular flexibility index (Phi) is 3.95. The normalized spacial score (nSPS) is 11.2. The molecule has 2 aromatic carbocycles. The van der Waals surface area contributed by atoms with Crippen molar-refractivity contribution in [3.8, 4) is 0 Å². The van der Waals surface area contributed by atoms with E-state index in [1.54, 1.807) is 18.2 Å². The molecule has 0 bridgehead atoms. The molecule has 0 N–H and O–H groups in total. The Hall–Kier alpha value is -3.28. The summed E-state index contributed by atoms with van der Waals surface area (Å²) in [5.41, 5.74) is 0.541. The Morgan fingerprint density at radius 3 is 2.38 bits per heavy atom. The van der Waals surface area contributed by atoms with E-state index in [1.807, 2.05) is 0 Å². The van der Waals surface area contributed by atoms with Crippen LogP contribution < -0.4 is 9.46 Å². The molecule has 0 aliphatic rings. The van der Waals surface area contributed by atoms with Gasteiger partial charge in [0.1, 0.15) is 5.82 Å². The van der Waals surface area contributed by atoms with Gasteiger partial charge in [-0.2, -0.15) is 9.46 Å².